The van der Waals surface area contributed by atoms with E-state index in [1.54, 1.807) is 19.5 Å². The number of halogens is 2. The molecular weight excluding hydrogens is 409 g/mol. The summed E-state index contributed by atoms with van der Waals surface area (Å²) in [7, 11) is 1.65. The molecule has 1 aromatic heterocycles. The summed E-state index contributed by atoms with van der Waals surface area (Å²) in [5, 5.41) is 3.66. The molecule has 0 radical (unpaired) electrons. The van der Waals surface area contributed by atoms with Crippen molar-refractivity contribution >= 4 is 30.7 Å². The van der Waals surface area contributed by atoms with E-state index in [0.717, 1.165) is 55.3 Å². The van der Waals surface area contributed by atoms with E-state index in [9.17, 15) is 4.79 Å². The number of hydrogen-bond acceptors (Lipinski definition) is 4. The van der Waals surface area contributed by atoms with E-state index in [1.807, 2.05) is 35.2 Å². The molecule has 1 saturated heterocycles. The lowest BCUT2D eigenvalue weighted by Crippen LogP contribution is -2.45. The molecule has 5 nitrogen and oxygen atoms in total. The van der Waals surface area contributed by atoms with Gasteiger partial charge in [0.1, 0.15) is 5.75 Å². The molecule has 0 spiro atoms. The van der Waals surface area contributed by atoms with E-state index >= 15 is 0 Å². The number of amides is 1. The van der Waals surface area contributed by atoms with E-state index in [2.05, 4.69) is 10.3 Å². The Labute approximate surface area is 185 Å². The van der Waals surface area contributed by atoms with Crippen molar-refractivity contribution in [2.24, 2.45) is 5.92 Å². The molecule has 1 aliphatic carbocycles. The van der Waals surface area contributed by atoms with Gasteiger partial charge in [0.25, 0.3) is 5.91 Å². The van der Waals surface area contributed by atoms with Crippen LogP contribution in [0.5, 0.6) is 5.75 Å². The summed E-state index contributed by atoms with van der Waals surface area (Å²) < 4.78 is 5.21. The Balaban J connectivity index is 0.00000150. The molecule has 7 heteroatoms. The highest BCUT2D eigenvalue weighted by atomic mass is 35.5. The highest BCUT2D eigenvalue weighted by molar-refractivity contribution is 5.95. The lowest BCUT2D eigenvalue weighted by atomic mass is 10.0. The van der Waals surface area contributed by atoms with Gasteiger partial charge in [0, 0.05) is 37.1 Å². The molecule has 1 amide bonds. The van der Waals surface area contributed by atoms with Crippen LogP contribution in [0.3, 0.4) is 0 Å². The number of carbonyl (C=O) groups is 1. The summed E-state index contributed by atoms with van der Waals surface area (Å²) in [6.45, 7) is 2.77. The highest BCUT2D eigenvalue weighted by Crippen LogP contribution is 2.28. The number of methoxy groups -OCH3 is 1. The van der Waals surface area contributed by atoms with Gasteiger partial charge in [-0.25, -0.2) is 0 Å². The average Bonchev–Trinajstić information content (AvgIpc) is 3.57. The first-order valence-corrected chi connectivity index (χ1v) is 9.85. The minimum atomic E-state index is 0. The Bertz CT molecular complexity index is 789. The van der Waals surface area contributed by atoms with Crippen molar-refractivity contribution in [3.63, 3.8) is 0 Å². The van der Waals surface area contributed by atoms with Crippen LogP contribution in [0.2, 0.25) is 0 Å². The molecule has 1 saturated carbocycles. The third-order valence-electron chi connectivity index (χ3n) is 5.58. The number of benzene rings is 1. The molecule has 0 atom stereocenters. The third kappa shape index (κ3) is 6.08. The van der Waals surface area contributed by atoms with E-state index in [1.165, 1.54) is 12.8 Å². The fourth-order valence-electron chi connectivity index (χ4n) is 3.62. The predicted molar refractivity (Wildman–Crippen MR) is 120 cm³/mol. The third-order valence-corrected chi connectivity index (χ3v) is 5.58. The van der Waals surface area contributed by atoms with Crippen LogP contribution in [0, 0.1) is 5.92 Å². The molecule has 29 heavy (non-hydrogen) atoms. The fourth-order valence-corrected chi connectivity index (χ4v) is 3.62. The zero-order valence-corrected chi connectivity index (χ0v) is 18.3. The van der Waals surface area contributed by atoms with Crippen LogP contribution in [0.15, 0.2) is 42.7 Å². The Morgan fingerprint density at radius 1 is 1.07 bits per heavy atom. The monoisotopic (exact) mass is 437 g/mol. The van der Waals surface area contributed by atoms with E-state index in [0.29, 0.717) is 11.6 Å². The van der Waals surface area contributed by atoms with Gasteiger partial charge in [0.05, 0.1) is 12.7 Å². The van der Waals surface area contributed by atoms with Gasteiger partial charge in [0.2, 0.25) is 0 Å². The topological polar surface area (TPSA) is 54.5 Å². The molecule has 158 valence electrons. The Kier molecular flexibility index (Phi) is 8.75. The molecule has 1 aromatic carbocycles. The first kappa shape index (κ1) is 23.5. The Morgan fingerprint density at radius 3 is 2.38 bits per heavy atom. The summed E-state index contributed by atoms with van der Waals surface area (Å²) in [4.78, 5) is 19.2. The van der Waals surface area contributed by atoms with Crippen LogP contribution >= 0.6 is 24.8 Å². The minimum absolute atomic E-state index is 0. The zero-order valence-electron chi connectivity index (χ0n) is 16.7. The van der Waals surface area contributed by atoms with Crippen molar-refractivity contribution in [1.82, 2.24) is 15.2 Å². The molecule has 0 unspecified atom stereocenters. The van der Waals surface area contributed by atoms with E-state index in [-0.39, 0.29) is 30.7 Å². The van der Waals surface area contributed by atoms with E-state index in [4.69, 9.17) is 4.74 Å². The first-order valence-electron chi connectivity index (χ1n) is 9.85. The smallest absolute Gasteiger partial charge is 0.255 e. The molecule has 2 aliphatic rings. The number of likely N-dealkylation sites (tertiary alicyclic amines) is 1. The maximum atomic E-state index is 12.9. The van der Waals surface area contributed by atoms with Gasteiger partial charge in [-0.05, 0) is 61.9 Å². The normalized spacial score (nSPS) is 16.5. The van der Waals surface area contributed by atoms with Crippen LogP contribution in [0.25, 0.3) is 11.1 Å². The number of nitrogens with one attached hydrogen (secondary N) is 1. The number of ether oxygens (including phenoxy) is 1. The van der Waals surface area contributed by atoms with Gasteiger partial charge in [-0.2, -0.15) is 0 Å². The summed E-state index contributed by atoms with van der Waals surface area (Å²) in [6.07, 6.45) is 8.29. The van der Waals surface area contributed by atoms with Crippen LogP contribution in [0.4, 0.5) is 0 Å². The second-order valence-corrected chi connectivity index (χ2v) is 7.61. The number of pyridine rings is 1. The average molecular weight is 438 g/mol. The number of carbonyl (C=O) groups excluding carboxylic acids is 1. The molecule has 2 fully saturated rings. The molecule has 2 aromatic rings. The Morgan fingerprint density at radius 2 is 1.76 bits per heavy atom. The summed E-state index contributed by atoms with van der Waals surface area (Å²) in [5.41, 5.74) is 2.64. The second-order valence-electron chi connectivity index (χ2n) is 7.61. The number of rotatable bonds is 6. The number of aromatic nitrogens is 1. The molecule has 4 rings (SSSR count). The maximum absolute atomic E-state index is 12.9. The molecule has 1 N–H and O–H groups in total. The molecule has 0 bridgehead atoms. The van der Waals surface area contributed by atoms with Gasteiger partial charge in [-0.15, -0.1) is 24.8 Å². The Hall–Kier alpha value is -1.82. The van der Waals surface area contributed by atoms with E-state index < -0.39 is 0 Å². The van der Waals surface area contributed by atoms with Crippen LogP contribution in [-0.4, -0.2) is 48.6 Å². The molecule has 2 heterocycles. The van der Waals surface area contributed by atoms with Crippen molar-refractivity contribution in [1.29, 1.82) is 0 Å². The zero-order chi connectivity index (χ0) is 18.6. The van der Waals surface area contributed by atoms with Gasteiger partial charge in [-0.3, -0.25) is 9.78 Å². The van der Waals surface area contributed by atoms with Crippen molar-refractivity contribution in [3.05, 3.63) is 48.3 Å². The lowest BCUT2D eigenvalue weighted by molar-refractivity contribution is 0.0704. The SMILES string of the molecule is COc1ccc(-c2cncc(C(=O)N3CCC(NCC4CC4)CC3)c2)cc1.Cl.Cl. The first-order chi connectivity index (χ1) is 13.2. The minimum Gasteiger partial charge on any atom is -0.497 e. The van der Waals surface area contributed by atoms with Crippen LogP contribution in [0.1, 0.15) is 36.0 Å². The standard InChI is InChI=1S/C22H27N3O2.2ClH/c1-27-21-6-4-17(5-7-21)18-12-19(15-23-14-18)22(26)25-10-8-20(9-11-25)24-13-16-2-3-16;;/h4-7,12,14-16,20,24H,2-3,8-11,13H2,1H3;2*1H. The highest BCUT2D eigenvalue weighted by Gasteiger charge is 2.26. The fraction of sp³-hybridized carbons (Fsp3) is 0.455. The van der Waals surface area contributed by atoms with Gasteiger partial charge in [0.15, 0.2) is 0 Å². The van der Waals surface area contributed by atoms with Gasteiger partial charge >= 0.3 is 0 Å². The van der Waals surface area contributed by atoms with Crippen molar-refractivity contribution in [2.75, 3.05) is 26.7 Å². The lowest BCUT2D eigenvalue weighted by Gasteiger charge is -2.32. The molecule has 1 aliphatic heterocycles. The predicted octanol–water partition coefficient (Wildman–Crippen LogP) is 4.21. The summed E-state index contributed by atoms with van der Waals surface area (Å²) in [6, 6.07) is 10.3. The van der Waals surface area contributed by atoms with Crippen molar-refractivity contribution in [3.8, 4) is 16.9 Å². The summed E-state index contributed by atoms with van der Waals surface area (Å²) >= 11 is 0. The quantitative estimate of drug-likeness (QED) is 0.735. The summed E-state index contributed by atoms with van der Waals surface area (Å²) in [5.74, 6) is 1.80. The van der Waals surface area contributed by atoms with Gasteiger partial charge in [-0.1, -0.05) is 12.1 Å². The number of nitrogens with zero attached hydrogens (tertiary/aromatic N) is 2. The largest absolute Gasteiger partial charge is 0.497 e. The van der Waals surface area contributed by atoms with Crippen LogP contribution in [-0.2, 0) is 0 Å². The molecular formula is C22H29Cl2N3O2. The number of hydrogen-bond donors (Lipinski definition) is 1. The van der Waals surface area contributed by atoms with Crippen molar-refractivity contribution in [2.45, 2.75) is 31.7 Å². The maximum Gasteiger partial charge on any atom is 0.255 e. The second kappa shape index (κ2) is 10.8. The van der Waals surface area contributed by atoms with Crippen LogP contribution < -0.4 is 10.1 Å². The van der Waals surface area contributed by atoms with Gasteiger partial charge < -0.3 is 15.0 Å². The van der Waals surface area contributed by atoms with Crippen molar-refractivity contribution < 1.29 is 9.53 Å². The number of piperidine rings is 1.